The molecule has 0 amide bonds. The van der Waals surface area contributed by atoms with Gasteiger partial charge in [0.2, 0.25) is 0 Å². The van der Waals surface area contributed by atoms with Crippen molar-refractivity contribution in [1.29, 1.82) is 0 Å². The van der Waals surface area contributed by atoms with Gasteiger partial charge in [0.25, 0.3) is 0 Å². The number of halogens is 8. The van der Waals surface area contributed by atoms with Crippen LogP contribution in [0.3, 0.4) is 0 Å². The van der Waals surface area contributed by atoms with Gasteiger partial charge in [0, 0.05) is 0 Å². The van der Waals surface area contributed by atoms with Crippen molar-refractivity contribution in [3.63, 3.8) is 0 Å². The number of hydrogen-bond acceptors (Lipinski definition) is 0. The Morgan fingerprint density at radius 2 is 1.33 bits per heavy atom. The Labute approximate surface area is 305 Å². The normalized spacial score (nSPS) is 14.0. The van der Waals surface area contributed by atoms with Crippen LogP contribution in [-0.4, -0.2) is 3.21 Å². The molecule has 248 valence electrons. The molecule has 6 rings (SSSR count). The van der Waals surface area contributed by atoms with E-state index in [-0.39, 0.29) is 35.9 Å². The van der Waals surface area contributed by atoms with E-state index in [0.717, 1.165) is 60.5 Å². The minimum atomic E-state index is -4.49. The molecule has 9 heteroatoms. The summed E-state index contributed by atoms with van der Waals surface area (Å²) in [7, 11) is 0. The van der Waals surface area contributed by atoms with Crippen LogP contribution < -0.4 is 24.8 Å². The first-order valence-corrected chi connectivity index (χ1v) is 15.6. The minimum absolute atomic E-state index is 0. The molecule has 0 spiro atoms. The zero-order chi connectivity index (χ0) is 33.6. The average Bonchev–Trinajstić information content (AvgIpc) is 3.60. The zero-order valence-corrected chi connectivity index (χ0v) is 30.0. The second kappa shape index (κ2) is 17.4. The van der Waals surface area contributed by atoms with Gasteiger partial charge in [0.1, 0.15) is 0 Å². The molecule has 2 aliphatic rings. The number of hydrogen-bond donors (Lipinski definition) is 0. The molecule has 4 aromatic carbocycles. The summed E-state index contributed by atoms with van der Waals surface area (Å²) in [5.74, 6) is 0.556. The molecule has 1 atom stereocenters. The Morgan fingerprint density at radius 1 is 0.792 bits per heavy atom. The summed E-state index contributed by atoms with van der Waals surface area (Å²) in [6.07, 6.45) is 3.15. The fourth-order valence-corrected chi connectivity index (χ4v) is 5.75. The van der Waals surface area contributed by atoms with E-state index in [1.54, 1.807) is 0 Å². The molecule has 0 bridgehead atoms. The van der Waals surface area contributed by atoms with Gasteiger partial charge in [-0.15, -0.1) is 30.7 Å². The third kappa shape index (κ3) is 10.6. The summed E-state index contributed by atoms with van der Waals surface area (Å²) < 4.78 is 76.7. The number of rotatable bonds is 4. The van der Waals surface area contributed by atoms with Crippen LogP contribution in [0.25, 0.3) is 23.3 Å². The number of allylic oxidation sites excluding steroid dienone is 4. The molecule has 0 aromatic heterocycles. The molecule has 4 aromatic rings. The van der Waals surface area contributed by atoms with Crippen LogP contribution in [0.15, 0.2) is 110 Å². The summed E-state index contributed by atoms with van der Waals surface area (Å²) in [5, 5.41) is 0. The molecule has 0 saturated heterocycles. The summed E-state index contributed by atoms with van der Waals surface area (Å²) in [6.45, 7) is 11.9. The Bertz CT molecular complexity index is 1720. The van der Waals surface area contributed by atoms with E-state index in [2.05, 4.69) is 69.5 Å². The quantitative estimate of drug-likeness (QED) is 0.176. The fraction of sp³-hybridized carbons (Fsp3) is 0.154. The maximum Gasteiger partial charge on any atom is -1.00 e. The van der Waals surface area contributed by atoms with E-state index in [0.29, 0.717) is 9.12 Å². The van der Waals surface area contributed by atoms with Crippen LogP contribution in [0.1, 0.15) is 58.4 Å². The standard InChI is InChI=1S/C17H13.C15H8F6.C7H9.2ClH.Zr/c1-3-12-5-7-14-11-15-8-6-13(4-2)10-17(15)16(14)9-12;16-14(17,18)12-5-1-3-10(8-12)7-11-4-2-6-13(9-11)15(19,20)21;1-6-3-4-7(2)5-6;;;/h3-7,9-10H,1-2,11H2;1-6,8-9H;3,5,7H,1-2H3;2*1H;/q-1;;-1;;;+2/p-2. The van der Waals surface area contributed by atoms with Crippen LogP contribution >= 0.6 is 0 Å². The molecule has 2 aliphatic carbocycles. The summed E-state index contributed by atoms with van der Waals surface area (Å²) >= 11 is 0.729. The van der Waals surface area contributed by atoms with Crippen LogP contribution in [0.5, 0.6) is 0 Å². The molecule has 0 N–H and O–H groups in total. The minimum Gasteiger partial charge on any atom is -1.00 e. The van der Waals surface area contributed by atoms with Crippen LogP contribution in [0.2, 0.25) is 0 Å². The van der Waals surface area contributed by atoms with Crippen molar-refractivity contribution in [1.82, 2.24) is 0 Å². The van der Waals surface area contributed by atoms with Gasteiger partial charge < -0.3 is 24.8 Å². The van der Waals surface area contributed by atoms with E-state index in [4.69, 9.17) is 0 Å². The maximum absolute atomic E-state index is 12.7. The Kier molecular flexibility index (Phi) is 14.9. The van der Waals surface area contributed by atoms with Crippen molar-refractivity contribution in [2.24, 2.45) is 5.92 Å². The molecule has 0 saturated carbocycles. The second-order valence-corrected chi connectivity index (χ2v) is 12.1. The van der Waals surface area contributed by atoms with Crippen LogP contribution in [0.4, 0.5) is 26.3 Å². The first-order valence-electron chi connectivity index (χ1n) is 14.3. The molecular weight excluding hydrogens is 745 g/mol. The van der Waals surface area contributed by atoms with Crippen molar-refractivity contribution in [3.05, 3.63) is 166 Å². The predicted octanol–water partition coefficient (Wildman–Crippen LogP) is 5.13. The van der Waals surface area contributed by atoms with Gasteiger partial charge >= 0.3 is 137 Å². The molecule has 0 radical (unpaired) electrons. The van der Waals surface area contributed by atoms with Gasteiger partial charge in [-0.05, 0) is 12.0 Å². The van der Waals surface area contributed by atoms with Gasteiger partial charge in [0.15, 0.2) is 0 Å². The summed E-state index contributed by atoms with van der Waals surface area (Å²) in [5.41, 5.74) is 7.80. The van der Waals surface area contributed by atoms with E-state index in [1.165, 1.54) is 57.7 Å². The van der Waals surface area contributed by atoms with E-state index < -0.39 is 23.5 Å². The van der Waals surface area contributed by atoms with E-state index in [1.807, 2.05) is 24.3 Å². The summed E-state index contributed by atoms with van der Waals surface area (Å²) in [6, 6.07) is 23.2. The second-order valence-electron chi connectivity index (χ2n) is 10.9. The van der Waals surface area contributed by atoms with Gasteiger partial charge in [-0.1, -0.05) is 54.8 Å². The number of fused-ring (bicyclic) bond motifs is 3. The van der Waals surface area contributed by atoms with E-state index in [9.17, 15) is 26.3 Å². The third-order valence-corrected chi connectivity index (χ3v) is 8.78. The van der Waals surface area contributed by atoms with Gasteiger partial charge in [-0.3, -0.25) is 6.08 Å². The van der Waals surface area contributed by atoms with E-state index >= 15 is 0 Å². The largest absolute Gasteiger partial charge is 1.00 e. The van der Waals surface area contributed by atoms with Crippen molar-refractivity contribution in [2.45, 2.75) is 32.6 Å². The third-order valence-electron chi connectivity index (χ3n) is 7.36. The molecule has 48 heavy (non-hydrogen) atoms. The number of benzene rings is 4. The number of alkyl halides is 6. The van der Waals surface area contributed by atoms with Crippen molar-refractivity contribution in [3.8, 4) is 11.1 Å². The van der Waals surface area contributed by atoms with Gasteiger partial charge in [-0.2, -0.15) is 29.8 Å². The molecular formula is C39H30Cl2F6Zr-2. The fourth-order valence-electron chi connectivity index (χ4n) is 4.99. The molecule has 0 heterocycles. The first-order chi connectivity index (χ1) is 21.7. The first kappa shape index (κ1) is 40.9. The van der Waals surface area contributed by atoms with Crippen molar-refractivity contribution >= 4 is 15.4 Å². The monoisotopic (exact) mass is 772 g/mol. The predicted molar refractivity (Wildman–Crippen MR) is 171 cm³/mol. The Hall–Kier alpha value is -3.25. The Balaban J connectivity index is 0.000000272. The van der Waals surface area contributed by atoms with Crippen LogP contribution in [-0.2, 0) is 43.0 Å². The topological polar surface area (TPSA) is 0 Å². The smallest absolute Gasteiger partial charge is 1.00 e. The van der Waals surface area contributed by atoms with Gasteiger partial charge in [0.05, 0.1) is 0 Å². The SMILES string of the molecule is C=Cc1c[c-]c2c(c1)-c1cc(C=C)ccc1C2.CC1=CC(C)[C-]=C1.FC(F)(F)c1cccc([C](=[Zr+2])c2cccc(C(F)(F)F)c2)c1.[Cl-].[Cl-]. The maximum atomic E-state index is 12.7. The molecule has 1 unspecified atom stereocenters. The van der Waals surface area contributed by atoms with Crippen molar-refractivity contribution < 1.29 is 75.4 Å². The molecule has 0 aliphatic heterocycles. The van der Waals surface area contributed by atoms with Gasteiger partial charge in [-0.25, -0.2) is 11.6 Å². The molecule has 0 fully saturated rings. The molecule has 0 nitrogen and oxygen atoms in total. The summed E-state index contributed by atoms with van der Waals surface area (Å²) in [4.78, 5) is 0. The van der Waals surface area contributed by atoms with Crippen molar-refractivity contribution in [2.75, 3.05) is 0 Å². The zero-order valence-electron chi connectivity index (χ0n) is 26.0. The van der Waals surface area contributed by atoms with Crippen LogP contribution in [0, 0.1) is 18.1 Å². The average molecular weight is 775 g/mol. The Morgan fingerprint density at radius 3 is 1.77 bits per heavy atom.